The van der Waals surface area contributed by atoms with Gasteiger partial charge in [0.15, 0.2) is 0 Å². The van der Waals surface area contributed by atoms with Crippen LogP contribution >= 0.6 is 0 Å². The molecule has 0 saturated heterocycles. The van der Waals surface area contributed by atoms with Gasteiger partial charge in [-0.1, -0.05) is 124 Å². The van der Waals surface area contributed by atoms with Gasteiger partial charge >= 0.3 is 11.9 Å². The monoisotopic (exact) mass is 410 g/mol. The molecular formula is C26H50O3. The van der Waals surface area contributed by atoms with Gasteiger partial charge in [-0.15, -0.1) is 0 Å². The Hall–Kier alpha value is -0.860. The molecule has 0 rings (SSSR count). The van der Waals surface area contributed by atoms with Gasteiger partial charge in [-0.3, -0.25) is 9.59 Å². The lowest BCUT2D eigenvalue weighted by atomic mass is 10.0. The van der Waals surface area contributed by atoms with Gasteiger partial charge in [-0.2, -0.15) is 0 Å². The lowest BCUT2D eigenvalue weighted by molar-refractivity contribution is -0.159. The molecule has 0 heterocycles. The minimum Gasteiger partial charge on any atom is -0.393 e. The standard InChI is InChI=1S/C26H50O3/c1-4-5-6-7-8-9-10-11-12-13-14-15-16-17-18-22-25(27)29-26(28)23-20-19-21-24(2)3/h24H,4-23H2,1-3H3. The Balaban J connectivity index is 3.27. The van der Waals surface area contributed by atoms with Crippen molar-refractivity contribution < 1.29 is 14.3 Å². The zero-order chi connectivity index (χ0) is 21.6. The Labute approximate surface area is 181 Å². The maximum absolute atomic E-state index is 11.7. The van der Waals surface area contributed by atoms with E-state index in [1.165, 1.54) is 83.5 Å². The molecule has 3 heteroatoms. The van der Waals surface area contributed by atoms with Crippen molar-refractivity contribution in [3.05, 3.63) is 0 Å². The van der Waals surface area contributed by atoms with Gasteiger partial charge in [0.2, 0.25) is 0 Å². The second-order valence-corrected chi connectivity index (χ2v) is 9.19. The first-order chi connectivity index (χ1) is 14.1. The van der Waals surface area contributed by atoms with E-state index in [1.807, 2.05) is 0 Å². The van der Waals surface area contributed by atoms with E-state index in [2.05, 4.69) is 20.8 Å². The van der Waals surface area contributed by atoms with E-state index in [1.54, 1.807) is 0 Å². The second-order valence-electron chi connectivity index (χ2n) is 9.19. The van der Waals surface area contributed by atoms with Crippen LogP contribution in [0.2, 0.25) is 0 Å². The molecule has 29 heavy (non-hydrogen) atoms. The summed E-state index contributed by atoms with van der Waals surface area (Å²) in [6, 6.07) is 0. The predicted octanol–water partition coefficient (Wildman–Crippen LogP) is 8.53. The van der Waals surface area contributed by atoms with Gasteiger partial charge in [0.05, 0.1) is 0 Å². The number of esters is 2. The summed E-state index contributed by atoms with van der Waals surface area (Å²) < 4.78 is 4.90. The molecule has 0 saturated carbocycles. The van der Waals surface area contributed by atoms with E-state index in [0.29, 0.717) is 18.8 Å². The number of ether oxygens (including phenoxy) is 1. The maximum Gasteiger partial charge on any atom is 0.313 e. The summed E-state index contributed by atoms with van der Waals surface area (Å²) in [5, 5.41) is 0. The number of unbranched alkanes of at least 4 members (excludes halogenated alkanes) is 15. The maximum atomic E-state index is 11.7. The molecule has 0 bridgehead atoms. The minimum absolute atomic E-state index is 0.339. The third-order valence-electron chi connectivity index (χ3n) is 5.62. The lowest BCUT2D eigenvalue weighted by Gasteiger charge is -2.05. The van der Waals surface area contributed by atoms with E-state index in [-0.39, 0.29) is 11.9 Å². The molecule has 0 aliphatic heterocycles. The lowest BCUT2D eigenvalue weighted by Crippen LogP contribution is -2.11. The smallest absolute Gasteiger partial charge is 0.313 e. The molecule has 0 radical (unpaired) electrons. The molecule has 0 N–H and O–H groups in total. The first-order valence-corrected chi connectivity index (χ1v) is 12.8. The van der Waals surface area contributed by atoms with Crippen LogP contribution in [0.15, 0.2) is 0 Å². The third kappa shape index (κ3) is 23.3. The fourth-order valence-corrected chi connectivity index (χ4v) is 3.69. The first kappa shape index (κ1) is 28.1. The summed E-state index contributed by atoms with van der Waals surface area (Å²) in [4.78, 5) is 23.3. The van der Waals surface area contributed by atoms with Crippen LogP contribution < -0.4 is 0 Å². The molecule has 0 aliphatic carbocycles. The SMILES string of the molecule is CCCCCCCCCCCCCCCCCC(=O)OC(=O)CCCCC(C)C. The van der Waals surface area contributed by atoms with Crippen molar-refractivity contribution in [3.8, 4) is 0 Å². The van der Waals surface area contributed by atoms with Crippen LogP contribution in [-0.2, 0) is 14.3 Å². The molecule has 0 amide bonds. The minimum atomic E-state index is -0.347. The van der Waals surface area contributed by atoms with E-state index in [0.717, 1.165) is 32.1 Å². The fourth-order valence-electron chi connectivity index (χ4n) is 3.69. The number of rotatable bonds is 21. The summed E-state index contributed by atoms with van der Waals surface area (Å²) in [5.74, 6) is -0.0222. The van der Waals surface area contributed by atoms with Crippen LogP contribution in [0.5, 0.6) is 0 Å². The second kappa shape index (κ2) is 21.8. The molecule has 0 aromatic heterocycles. The van der Waals surface area contributed by atoms with Crippen molar-refractivity contribution in [2.24, 2.45) is 5.92 Å². The van der Waals surface area contributed by atoms with Crippen LogP contribution in [0.4, 0.5) is 0 Å². The Morgan fingerprint density at radius 1 is 0.552 bits per heavy atom. The topological polar surface area (TPSA) is 43.4 Å². The zero-order valence-electron chi connectivity index (χ0n) is 19.9. The van der Waals surface area contributed by atoms with Crippen LogP contribution in [-0.4, -0.2) is 11.9 Å². The molecule has 0 aromatic rings. The van der Waals surface area contributed by atoms with E-state index in [9.17, 15) is 9.59 Å². The average molecular weight is 411 g/mol. The summed E-state index contributed by atoms with van der Waals surface area (Å²) in [7, 11) is 0. The Bertz CT molecular complexity index is 376. The highest BCUT2D eigenvalue weighted by molar-refractivity contribution is 5.85. The summed E-state index contributed by atoms with van der Waals surface area (Å²) in [6.07, 6.45) is 23.4. The number of hydrogen-bond donors (Lipinski definition) is 0. The summed E-state index contributed by atoms with van der Waals surface area (Å²) >= 11 is 0. The number of carbonyl (C=O) groups is 2. The normalized spacial score (nSPS) is 11.2. The molecule has 0 spiro atoms. The molecule has 0 fully saturated rings. The van der Waals surface area contributed by atoms with Gasteiger partial charge in [0, 0.05) is 12.8 Å². The highest BCUT2D eigenvalue weighted by atomic mass is 16.6. The summed E-state index contributed by atoms with van der Waals surface area (Å²) in [5.41, 5.74) is 0. The number of hydrogen-bond acceptors (Lipinski definition) is 3. The molecule has 0 aromatic carbocycles. The quantitative estimate of drug-likeness (QED) is 0.108. The highest BCUT2D eigenvalue weighted by Crippen LogP contribution is 2.14. The Kier molecular flexibility index (Phi) is 21.2. The Morgan fingerprint density at radius 3 is 1.28 bits per heavy atom. The first-order valence-electron chi connectivity index (χ1n) is 12.8. The predicted molar refractivity (Wildman–Crippen MR) is 124 cm³/mol. The van der Waals surface area contributed by atoms with Crippen molar-refractivity contribution in [2.45, 2.75) is 149 Å². The van der Waals surface area contributed by atoms with E-state index < -0.39 is 0 Å². The molecule has 0 unspecified atom stereocenters. The largest absolute Gasteiger partial charge is 0.393 e. The highest BCUT2D eigenvalue weighted by Gasteiger charge is 2.10. The van der Waals surface area contributed by atoms with E-state index >= 15 is 0 Å². The van der Waals surface area contributed by atoms with Crippen molar-refractivity contribution in [1.82, 2.24) is 0 Å². The van der Waals surface area contributed by atoms with Gasteiger partial charge < -0.3 is 4.74 Å². The van der Waals surface area contributed by atoms with Crippen molar-refractivity contribution in [2.75, 3.05) is 0 Å². The van der Waals surface area contributed by atoms with Crippen molar-refractivity contribution in [3.63, 3.8) is 0 Å². The third-order valence-corrected chi connectivity index (χ3v) is 5.62. The summed E-state index contributed by atoms with van der Waals surface area (Å²) in [6.45, 7) is 6.63. The van der Waals surface area contributed by atoms with Crippen molar-refractivity contribution >= 4 is 11.9 Å². The molecule has 0 aliphatic rings. The molecule has 0 atom stereocenters. The van der Waals surface area contributed by atoms with Crippen LogP contribution in [0.3, 0.4) is 0 Å². The van der Waals surface area contributed by atoms with Gasteiger partial charge in [-0.25, -0.2) is 0 Å². The van der Waals surface area contributed by atoms with Gasteiger partial charge in [0.25, 0.3) is 0 Å². The molecule has 172 valence electrons. The Morgan fingerprint density at radius 2 is 0.897 bits per heavy atom. The van der Waals surface area contributed by atoms with Gasteiger partial charge in [0.1, 0.15) is 0 Å². The van der Waals surface area contributed by atoms with Crippen LogP contribution in [0.1, 0.15) is 149 Å². The van der Waals surface area contributed by atoms with Gasteiger partial charge in [-0.05, 0) is 18.8 Å². The fraction of sp³-hybridized carbons (Fsp3) is 0.923. The van der Waals surface area contributed by atoms with E-state index in [4.69, 9.17) is 4.74 Å². The molecular weight excluding hydrogens is 360 g/mol. The molecule has 3 nitrogen and oxygen atoms in total. The zero-order valence-corrected chi connectivity index (χ0v) is 19.9. The van der Waals surface area contributed by atoms with Crippen molar-refractivity contribution in [1.29, 1.82) is 0 Å². The number of carbonyl (C=O) groups excluding carboxylic acids is 2. The van der Waals surface area contributed by atoms with Crippen LogP contribution in [0, 0.1) is 5.92 Å². The van der Waals surface area contributed by atoms with Crippen LogP contribution in [0.25, 0.3) is 0 Å². The average Bonchev–Trinajstić information content (AvgIpc) is 2.68.